The molecule has 166 valence electrons. The lowest BCUT2D eigenvalue weighted by Crippen LogP contribution is -2.09. The van der Waals surface area contributed by atoms with Crippen LogP contribution in [0.15, 0.2) is 130 Å². The summed E-state index contributed by atoms with van der Waals surface area (Å²) >= 11 is 3.56. The van der Waals surface area contributed by atoms with E-state index in [0.717, 1.165) is 43.5 Å². The Bertz CT molecular complexity index is 1810. The molecular formula is C32H20BrNO. The normalized spacial score (nSPS) is 11.6. The van der Waals surface area contributed by atoms with E-state index in [-0.39, 0.29) is 0 Å². The van der Waals surface area contributed by atoms with E-state index in [1.807, 2.05) is 6.07 Å². The quantitative estimate of drug-likeness (QED) is 0.233. The second-order valence-electron chi connectivity index (χ2n) is 8.82. The van der Waals surface area contributed by atoms with Gasteiger partial charge in [0, 0.05) is 38.4 Å². The van der Waals surface area contributed by atoms with Gasteiger partial charge in [-0.05, 0) is 76.1 Å². The van der Waals surface area contributed by atoms with E-state index in [9.17, 15) is 0 Å². The van der Waals surface area contributed by atoms with Gasteiger partial charge in [0.25, 0.3) is 0 Å². The second kappa shape index (κ2) is 8.00. The van der Waals surface area contributed by atoms with Crippen LogP contribution < -0.4 is 4.90 Å². The number of anilines is 3. The van der Waals surface area contributed by atoms with Crippen molar-refractivity contribution in [2.75, 3.05) is 4.90 Å². The highest BCUT2D eigenvalue weighted by atomic mass is 79.9. The molecule has 0 aliphatic heterocycles. The fraction of sp³-hybridized carbons (Fsp3) is 0. The van der Waals surface area contributed by atoms with Crippen LogP contribution in [0.4, 0.5) is 17.1 Å². The molecule has 0 fully saturated rings. The van der Waals surface area contributed by atoms with Crippen molar-refractivity contribution in [1.29, 1.82) is 0 Å². The zero-order valence-electron chi connectivity index (χ0n) is 18.8. The highest BCUT2D eigenvalue weighted by Gasteiger charge is 2.16. The Labute approximate surface area is 211 Å². The molecule has 2 nitrogen and oxygen atoms in total. The maximum absolute atomic E-state index is 6.28. The number of hydrogen-bond acceptors (Lipinski definition) is 2. The molecule has 0 aliphatic rings. The Kier molecular flexibility index (Phi) is 4.64. The number of hydrogen-bond donors (Lipinski definition) is 0. The molecule has 7 rings (SSSR count). The van der Waals surface area contributed by atoms with Crippen molar-refractivity contribution in [3.05, 3.63) is 126 Å². The molecule has 6 aromatic carbocycles. The molecule has 0 saturated carbocycles. The summed E-state index contributed by atoms with van der Waals surface area (Å²) in [4.78, 5) is 2.31. The molecule has 1 heterocycles. The van der Waals surface area contributed by atoms with Gasteiger partial charge in [0.05, 0.1) is 0 Å². The third kappa shape index (κ3) is 3.48. The van der Waals surface area contributed by atoms with E-state index >= 15 is 0 Å². The minimum absolute atomic E-state index is 0.877. The van der Waals surface area contributed by atoms with Crippen molar-refractivity contribution in [2.45, 2.75) is 0 Å². The van der Waals surface area contributed by atoms with Crippen LogP contribution in [-0.4, -0.2) is 0 Å². The van der Waals surface area contributed by atoms with Gasteiger partial charge >= 0.3 is 0 Å². The number of benzene rings is 6. The molecule has 0 bridgehead atoms. The summed E-state index contributed by atoms with van der Waals surface area (Å²) in [6.07, 6.45) is 0. The molecule has 0 atom stereocenters. The molecule has 0 unspecified atom stereocenters. The van der Waals surface area contributed by atoms with Crippen molar-refractivity contribution >= 4 is 76.5 Å². The van der Waals surface area contributed by atoms with Gasteiger partial charge in [0.2, 0.25) is 0 Å². The first-order valence-corrected chi connectivity index (χ1v) is 12.4. The zero-order chi connectivity index (χ0) is 23.4. The minimum atomic E-state index is 0.877. The predicted octanol–water partition coefficient (Wildman–Crippen LogP) is 10.1. The van der Waals surface area contributed by atoms with Crippen LogP contribution in [-0.2, 0) is 0 Å². The molecule has 3 heteroatoms. The summed E-state index contributed by atoms with van der Waals surface area (Å²) in [6.45, 7) is 0. The molecule has 35 heavy (non-hydrogen) atoms. The van der Waals surface area contributed by atoms with E-state index in [4.69, 9.17) is 4.42 Å². The molecule has 1 aromatic heterocycles. The molecule has 0 aliphatic carbocycles. The molecule has 0 N–H and O–H groups in total. The Morgan fingerprint density at radius 1 is 0.457 bits per heavy atom. The van der Waals surface area contributed by atoms with Crippen molar-refractivity contribution in [1.82, 2.24) is 0 Å². The topological polar surface area (TPSA) is 16.4 Å². The summed E-state index contributed by atoms with van der Waals surface area (Å²) in [5, 5.41) is 7.13. The Balaban J connectivity index is 1.46. The number of halogens is 1. The smallest absolute Gasteiger partial charge is 0.137 e. The molecule has 0 radical (unpaired) electrons. The number of furan rings is 1. The summed E-state index contributed by atoms with van der Waals surface area (Å²) in [6, 6.07) is 42.9. The summed E-state index contributed by atoms with van der Waals surface area (Å²) < 4.78 is 7.29. The van der Waals surface area contributed by atoms with Crippen molar-refractivity contribution in [3.63, 3.8) is 0 Å². The van der Waals surface area contributed by atoms with Crippen molar-refractivity contribution < 1.29 is 4.42 Å². The maximum atomic E-state index is 6.28. The minimum Gasteiger partial charge on any atom is -0.456 e. The number of fused-ring (bicyclic) bond motifs is 5. The third-order valence-corrected chi connectivity index (χ3v) is 7.15. The van der Waals surface area contributed by atoms with Crippen LogP contribution in [0, 0.1) is 0 Å². The van der Waals surface area contributed by atoms with Crippen molar-refractivity contribution in [3.8, 4) is 0 Å². The van der Waals surface area contributed by atoms with E-state index in [2.05, 4.69) is 136 Å². The highest BCUT2D eigenvalue weighted by molar-refractivity contribution is 9.10. The second-order valence-corrected chi connectivity index (χ2v) is 9.74. The average molecular weight is 514 g/mol. The predicted molar refractivity (Wildman–Crippen MR) is 151 cm³/mol. The molecule has 7 aromatic rings. The Morgan fingerprint density at radius 2 is 0.943 bits per heavy atom. The van der Waals surface area contributed by atoms with Crippen LogP contribution in [0.5, 0.6) is 0 Å². The fourth-order valence-electron chi connectivity index (χ4n) is 4.96. The van der Waals surface area contributed by atoms with Gasteiger partial charge in [0.15, 0.2) is 0 Å². The first-order chi connectivity index (χ1) is 17.2. The summed E-state index contributed by atoms with van der Waals surface area (Å²) in [5.74, 6) is 0. The monoisotopic (exact) mass is 513 g/mol. The maximum Gasteiger partial charge on any atom is 0.137 e. The molecule has 0 saturated heterocycles. The first-order valence-electron chi connectivity index (χ1n) is 11.6. The Hall–Kier alpha value is -4.08. The van der Waals surface area contributed by atoms with Crippen LogP contribution >= 0.6 is 15.9 Å². The molecular weight excluding hydrogens is 494 g/mol. The number of nitrogens with zero attached hydrogens (tertiary/aromatic N) is 1. The fourth-order valence-corrected chi connectivity index (χ4v) is 5.30. The van der Waals surface area contributed by atoms with Gasteiger partial charge in [-0.1, -0.05) is 76.6 Å². The largest absolute Gasteiger partial charge is 0.456 e. The van der Waals surface area contributed by atoms with E-state index in [0.29, 0.717) is 0 Å². The third-order valence-electron chi connectivity index (χ3n) is 6.66. The lowest BCUT2D eigenvalue weighted by molar-refractivity contribution is 0.668. The zero-order valence-corrected chi connectivity index (χ0v) is 20.4. The number of rotatable bonds is 3. The van der Waals surface area contributed by atoms with Gasteiger partial charge < -0.3 is 9.32 Å². The lowest BCUT2D eigenvalue weighted by atomic mass is 10.1. The van der Waals surface area contributed by atoms with Crippen LogP contribution in [0.2, 0.25) is 0 Å². The van der Waals surface area contributed by atoms with Crippen LogP contribution in [0.25, 0.3) is 43.5 Å². The van der Waals surface area contributed by atoms with Crippen molar-refractivity contribution in [2.24, 2.45) is 0 Å². The van der Waals surface area contributed by atoms with Gasteiger partial charge in [-0.15, -0.1) is 0 Å². The summed E-state index contributed by atoms with van der Waals surface area (Å²) in [5.41, 5.74) is 5.03. The Morgan fingerprint density at radius 3 is 1.57 bits per heavy atom. The standard InChI is InChI=1S/C32H20BrNO/c33-25-11-15-29-30-16-14-28(20-32(30)35-31(29)19-25)34(26-12-9-21-5-1-3-7-23(21)17-26)27-13-10-22-6-2-4-8-24(22)18-27/h1-20H. The summed E-state index contributed by atoms with van der Waals surface area (Å²) in [7, 11) is 0. The van der Waals surface area contributed by atoms with Gasteiger partial charge in [-0.2, -0.15) is 0 Å². The van der Waals surface area contributed by atoms with E-state index < -0.39 is 0 Å². The average Bonchev–Trinajstić information content (AvgIpc) is 3.25. The van der Waals surface area contributed by atoms with Gasteiger partial charge in [-0.25, -0.2) is 0 Å². The van der Waals surface area contributed by atoms with Gasteiger partial charge in [0.1, 0.15) is 11.2 Å². The van der Waals surface area contributed by atoms with Gasteiger partial charge in [-0.3, -0.25) is 0 Å². The van der Waals surface area contributed by atoms with Crippen LogP contribution in [0.3, 0.4) is 0 Å². The molecule has 0 amide bonds. The SMILES string of the molecule is Brc1ccc2c(c1)oc1cc(N(c3ccc4ccccc4c3)c3ccc4ccccc4c3)ccc12. The lowest BCUT2D eigenvalue weighted by Gasteiger charge is -2.26. The molecule has 0 spiro atoms. The van der Waals surface area contributed by atoms with Crippen LogP contribution in [0.1, 0.15) is 0 Å². The van der Waals surface area contributed by atoms with E-state index in [1.165, 1.54) is 21.5 Å². The van der Waals surface area contributed by atoms with E-state index in [1.54, 1.807) is 0 Å². The first kappa shape index (κ1) is 20.3. The highest BCUT2D eigenvalue weighted by Crippen LogP contribution is 2.40.